The molecule has 4 fully saturated rings. The topological polar surface area (TPSA) is 59.2 Å². The molecule has 1 aromatic heterocycles. The number of carbonyl (C=O) groups is 1. The Bertz CT molecular complexity index is 515. The maximum atomic E-state index is 12.8. The van der Waals surface area contributed by atoms with E-state index >= 15 is 0 Å². The van der Waals surface area contributed by atoms with Crippen LogP contribution < -0.4 is 5.73 Å². The number of rotatable bonds is 2. The van der Waals surface area contributed by atoms with Gasteiger partial charge in [-0.2, -0.15) is 0 Å². The Balaban J connectivity index is 1.60. The third-order valence-electron chi connectivity index (χ3n) is 5.31. The summed E-state index contributed by atoms with van der Waals surface area (Å²) >= 11 is 1.50. The van der Waals surface area contributed by atoms with Crippen molar-refractivity contribution < 1.29 is 4.79 Å². The third-order valence-corrected chi connectivity index (χ3v) is 6.18. The van der Waals surface area contributed by atoms with E-state index in [0.29, 0.717) is 18.3 Å². The molecular formula is C15H21N3OS. The first kappa shape index (κ1) is 12.8. The van der Waals surface area contributed by atoms with E-state index in [1.165, 1.54) is 43.4 Å². The fourth-order valence-electron chi connectivity index (χ4n) is 4.68. The lowest BCUT2D eigenvalue weighted by atomic mass is 9.68. The molecular weight excluding hydrogens is 270 g/mol. The molecule has 0 aromatic carbocycles. The summed E-state index contributed by atoms with van der Waals surface area (Å²) in [7, 11) is 0. The summed E-state index contributed by atoms with van der Waals surface area (Å²) in [6.07, 6.45) is 6.51. The van der Waals surface area contributed by atoms with Crippen molar-refractivity contribution in [2.75, 3.05) is 6.54 Å². The number of carbonyl (C=O) groups excluding carboxylic acids is 1. The summed E-state index contributed by atoms with van der Waals surface area (Å²) in [6.45, 7) is 1.38. The minimum atomic E-state index is 0.138. The molecule has 2 N–H and O–H groups in total. The number of nitrogens with two attached hydrogens (primary N) is 1. The second kappa shape index (κ2) is 4.81. The van der Waals surface area contributed by atoms with Crippen LogP contribution in [-0.4, -0.2) is 28.4 Å². The van der Waals surface area contributed by atoms with Gasteiger partial charge in [-0.1, -0.05) is 0 Å². The molecule has 2 saturated carbocycles. The lowest BCUT2D eigenvalue weighted by Crippen LogP contribution is -2.42. The number of amides is 1. The van der Waals surface area contributed by atoms with Gasteiger partial charge in [-0.25, -0.2) is 4.98 Å². The first-order chi connectivity index (χ1) is 9.72. The van der Waals surface area contributed by atoms with Crippen LogP contribution in [0.3, 0.4) is 0 Å². The van der Waals surface area contributed by atoms with E-state index in [1.54, 1.807) is 0 Å². The van der Waals surface area contributed by atoms with E-state index in [2.05, 4.69) is 9.88 Å². The summed E-state index contributed by atoms with van der Waals surface area (Å²) in [5, 5.41) is 2.73. The van der Waals surface area contributed by atoms with Gasteiger partial charge in [0.2, 0.25) is 0 Å². The van der Waals surface area contributed by atoms with Crippen molar-refractivity contribution >= 4 is 17.2 Å². The van der Waals surface area contributed by atoms with Crippen molar-refractivity contribution in [3.05, 3.63) is 16.1 Å². The van der Waals surface area contributed by atoms with E-state index in [4.69, 9.17) is 5.73 Å². The number of hydrogen-bond donors (Lipinski definition) is 1. The van der Waals surface area contributed by atoms with Gasteiger partial charge in [0.15, 0.2) is 0 Å². The fraction of sp³-hybridized carbons (Fsp3) is 0.733. The molecule has 108 valence electrons. The van der Waals surface area contributed by atoms with Crippen molar-refractivity contribution in [1.29, 1.82) is 0 Å². The highest BCUT2D eigenvalue weighted by Crippen LogP contribution is 2.47. The highest BCUT2D eigenvalue weighted by atomic mass is 32.1. The zero-order valence-electron chi connectivity index (χ0n) is 11.6. The van der Waals surface area contributed by atoms with Crippen molar-refractivity contribution in [2.45, 2.75) is 44.7 Å². The van der Waals surface area contributed by atoms with Crippen LogP contribution in [0.15, 0.2) is 5.38 Å². The lowest BCUT2D eigenvalue weighted by molar-refractivity contribution is 0.0627. The van der Waals surface area contributed by atoms with Gasteiger partial charge in [-0.15, -0.1) is 11.3 Å². The molecule has 5 heteroatoms. The number of fused-ring (bicyclic) bond motifs is 1. The predicted octanol–water partition coefficient (Wildman–Crippen LogP) is 2.25. The van der Waals surface area contributed by atoms with Gasteiger partial charge in [0.25, 0.3) is 5.91 Å². The molecule has 4 bridgehead atoms. The maximum absolute atomic E-state index is 12.8. The summed E-state index contributed by atoms with van der Waals surface area (Å²) in [4.78, 5) is 19.3. The van der Waals surface area contributed by atoms with E-state index < -0.39 is 0 Å². The molecule has 2 aliphatic carbocycles. The van der Waals surface area contributed by atoms with Crippen molar-refractivity contribution in [3.63, 3.8) is 0 Å². The quantitative estimate of drug-likeness (QED) is 0.909. The molecule has 3 heterocycles. The van der Waals surface area contributed by atoms with Gasteiger partial charge in [0, 0.05) is 24.5 Å². The molecule has 0 spiro atoms. The molecule has 1 amide bonds. The highest BCUT2D eigenvalue weighted by Gasteiger charge is 2.44. The van der Waals surface area contributed by atoms with Crippen LogP contribution in [0.25, 0.3) is 0 Å². The standard InChI is InChI=1S/C15H21N3OS/c16-6-14-17-13(8-20-14)15(19)18-7-11-2-9-1-10(3-11)5-12(18)4-9/h8-12H,1-7,16H2. The Labute approximate surface area is 123 Å². The van der Waals surface area contributed by atoms with E-state index in [1.807, 2.05) is 5.38 Å². The van der Waals surface area contributed by atoms with Crippen molar-refractivity contribution in [3.8, 4) is 0 Å². The SMILES string of the molecule is NCc1nc(C(=O)N2CC3CC4CC(C3)CC2C4)cs1. The fourth-order valence-corrected chi connectivity index (χ4v) is 5.33. The van der Waals surface area contributed by atoms with Crippen molar-refractivity contribution in [2.24, 2.45) is 23.5 Å². The Morgan fingerprint density at radius 1 is 1.25 bits per heavy atom. The Kier molecular flexibility index (Phi) is 3.07. The molecule has 2 atom stereocenters. The second-order valence-electron chi connectivity index (χ2n) is 6.72. The Morgan fingerprint density at radius 2 is 1.95 bits per heavy atom. The van der Waals surface area contributed by atoms with Crippen LogP contribution in [0.1, 0.15) is 47.6 Å². The van der Waals surface area contributed by atoms with Gasteiger partial charge in [0.1, 0.15) is 10.7 Å². The summed E-state index contributed by atoms with van der Waals surface area (Å²) < 4.78 is 0. The van der Waals surface area contributed by atoms with Crippen LogP contribution >= 0.6 is 11.3 Å². The molecule has 4 aliphatic rings. The van der Waals surface area contributed by atoms with E-state index in [9.17, 15) is 4.79 Å². The summed E-state index contributed by atoms with van der Waals surface area (Å²) in [6, 6.07) is 0.460. The molecule has 2 aliphatic heterocycles. The number of nitrogens with zero attached hydrogens (tertiary/aromatic N) is 2. The van der Waals surface area contributed by atoms with Crippen LogP contribution in [0, 0.1) is 17.8 Å². The molecule has 2 unspecified atom stereocenters. The van der Waals surface area contributed by atoms with Gasteiger partial charge in [0.05, 0.1) is 0 Å². The minimum Gasteiger partial charge on any atom is -0.334 e. The second-order valence-corrected chi connectivity index (χ2v) is 7.66. The number of thiazole rings is 1. The normalized spacial score (nSPS) is 35.4. The van der Waals surface area contributed by atoms with Gasteiger partial charge >= 0.3 is 0 Å². The number of aromatic nitrogens is 1. The predicted molar refractivity (Wildman–Crippen MR) is 78.4 cm³/mol. The molecule has 4 nitrogen and oxygen atoms in total. The highest BCUT2D eigenvalue weighted by molar-refractivity contribution is 7.09. The zero-order chi connectivity index (χ0) is 13.7. The molecule has 20 heavy (non-hydrogen) atoms. The Hall–Kier alpha value is -0.940. The van der Waals surface area contributed by atoms with Crippen LogP contribution in [-0.2, 0) is 6.54 Å². The van der Waals surface area contributed by atoms with E-state index in [0.717, 1.165) is 29.3 Å². The molecule has 5 rings (SSSR count). The average Bonchev–Trinajstić information content (AvgIpc) is 2.83. The van der Waals surface area contributed by atoms with Crippen LogP contribution in [0.5, 0.6) is 0 Å². The average molecular weight is 291 g/mol. The largest absolute Gasteiger partial charge is 0.334 e. The van der Waals surface area contributed by atoms with Gasteiger partial charge in [-0.3, -0.25) is 4.79 Å². The zero-order valence-corrected chi connectivity index (χ0v) is 12.4. The lowest BCUT2D eigenvalue weighted by Gasteiger charge is -2.38. The smallest absolute Gasteiger partial charge is 0.273 e. The van der Waals surface area contributed by atoms with E-state index in [-0.39, 0.29) is 5.91 Å². The van der Waals surface area contributed by atoms with Crippen molar-refractivity contribution in [1.82, 2.24) is 9.88 Å². The van der Waals surface area contributed by atoms with Gasteiger partial charge < -0.3 is 10.6 Å². The summed E-state index contributed by atoms with van der Waals surface area (Å²) in [5.41, 5.74) is 6.21. The molecule has 2 saturated heterocycles. The summed E-state index contributed by atoms with van der Waals surface area (Å²) in [5.74, 6) is 2.60. The molecule has 1 aromatic rings. The monoisotopic (exact) mass is 291 g/mol. The third kappa shape index (κ3) is 2.07. The maximum Gasteiger partial charge on any atom is 0.273 e. The first-order valence-corrected chi connectivity index (χ1v) is 8.56. The van der Waals surface area contributed by atoms with Crippen LogP contribution in [0.2, 0.25) is 0 Å². The first-order valence-electron chi connectivity index (χ1n) is 7.68. The van der Waals surface area contributed by atoms with Gasteiger partial charge in [-0.05, 0) is 49.9 Å². The Morgan fingerprint density at radius 3 is 2.60 bits per heavy atom. The molecule has 0 radical (unpaired) electrons. The minimum absolute atomic E-state index is 0.138. The number of hydrogen-bond acceptors (Lipinski definition) is 4. The van der Waals surface area contributed by atoms with Crippen LogP contribution in [0.4, 0.5) is 0 Å².